The molecular formula is C20H27N5O2. The van der Waals surface area contributed by atoms with Gasteiger partial charge in [-0.05, 0) is 43.5 Å². The smallest absolute Gasteiger partial charge is 0.225 e. The fourth-order valence-corrected chi connectivity index (χ4v) is 3.70. The quantitative estimate of drug-likeness (QED) is 0.804. The lowest BCUT2D eigenvalue weighted by Crippen LogP contribution is -2.35. The third kappa shape index (κ3) is 4.35. The fourth-order valence-electron chi connectivity index (χ4n) is 3.70. The van der Waals surface area contributed by atoms with Crippen molar-refractivity contribution in [1.82, 2.24) is 25.0 Å². The lowest BCUT2D eigenvalue weighted by atomic mass is 10.1. The number of likely N-dealkylation sites (tertiary alicyclic amines) is 1. The Bertz CT molecular complexity index is 815. The van der Waals surface area contributed by atoms with Gasteiger partial charge < -0.3 is 10.2 Å². The highest BCUT2D eigenvalue weighted by molar-refractivity contribution is 5.89. The van der Waals surface area contributed by atoms with Gasteiger partial charge in [-0.15, -0.1) is 0 Å². The third-order valence-corrected chi connectivity index (χ3v) is 5.22. The van der Waals surface area contributed by atoms with Crippen molar-refractivity contribution in [2.24, 2.45) is 5.92 Å². The molecule has 7 nitrogen and oxygen atoms in total. The number of nitrogens with one attached hydrogen (secondary N) is 1. The zero-order chi connectivity index (χ0) is 19.4. The van der Waals surface area contributed by atoms with E-state index in [1.165, 1.54) is 5.56 Å². The van der Waals surface area contributed by atoms with Gasteiger partial charge in [-0.1, -0.05) is 6.92 Å². The number of hydrogen-bond acceptors (Lipinski definition) is 4. The van der Waals surface area contributed by atoms with Crippen LogP contribution in [0.15, 0.2) is 24.5 Å². The zero-order valence-electron chi connectivity index (χ0n) is 16.2. The highest BCUT2D eigenvalue weighted by Crippen LogP contribution is 2.20. The van der Waals surface area contributed by atoms with Gasteiger partial charge in [0.05, 0.1) is 18.2 Å². The number of carbonyl (C=O) groups excluding carboxylic acids is 2. The second-order valence-electron chi connectivity index (χ2n) is 7.05. The molecule has 2 aromatic rings. The van der Waals surface area contributed by atoms with Crippen LogP contribution in [0.5, 0.6) is 0 Å². The molecule has 1 unspecified atom stereocenters. The van der Waals surface area contributed by atoms with Crippen molar-refractivity contribution in [2.75, 3.05) is 13.1 Å². The monoisotopic (exact) mass is 369 g/mol. The van der Waals surface area contributed by atoms with E-state index < -0.39 is 0 Å². The molecule has 1 atom stereocenters. The molecule has 1 fully saturated rings. The molecule has 1 N–H and O–H groups in total. The maximum atomic E-state index is 12.5. The Hall–Kier alpha value is -2.70. The summed E-state index contributed by atoms with van der Waals surface area (Å²) in [5.74, 6) is -0.318. The van der Waals surface area contributed by atoms with E-state index in [0.717, 1.165) is 23.4 Å². The summed E-state index contributed by atoms with van der Waals surface area (Å²) in [4.78, 5) is 30.4. The normalized spacial score (nSPS) is 16.8. The molecule has 2 aromatic heterocycles. The van der Waals surface area contributed by atoms with Crippen LogP contribution in [-0.2, 0) is 29.1 Å². The van der Waals surface area contributed by atoms with Crippen LogP contribution in [-0.4, -0.2) is 44.6 Å². The average molecular weight is 369 g/mol. The molecule has 0 aliphatic carbocycles. The lowest BCUT2D eigenvalue weighted by molar-refractivity contribution is -0.129. The Morgan fingerprint density at radius 2 is 2.04 bits per heavy atom. The molecule has 3 rings (SSSR count). The predicted octanol–water partition coefficient (Wildman–Crippen LogP) is 1.62. The first kappa shape index (κ1) is 19.1. The maximum absolute atomic E-state index is 12.5. The average Bonchev–Trinajstić information content (AvgIpc) is 3.15. The first-order valence-corrected chi connectivity index (χ1v) is 9.46. The van der Waals surface area contributed by atoms with Crippen molar-refractivity contribution in [2.45, 2.75) is 46.7 Å². The molecule has 1 saturated heterocycles. The molecule has 0 spiro atoms. The van der Waals surface area contributed by atoms with Crippen LogP contribution in [0.25, 0.3) is 0 Å². The Labute approximate surface area is 159 Å². The first-order chi connectivity index (χ1) is 13.0. The van der Waals surface area contributed by atoms with Crippen molar-refractivity contribution < 1.29 is 9.59 Å². The maximum Gasteiger partial charge on any atom is 0.225 e. The van der Waals surface area contributed by atoms with Gasteiger partial charge in [0, 0.05) is 44.1 Å². The molecule has 1 aliphatic rings. The van der Waals surface area contributed by atoms with Gasteiger partial charge in [-0.3, -0.25) is 19.3 Å². The third-order valence-electron chi connectivity index (χ3n) is 5.22. The van der Waals surface area contributed by atoms with Gasteiger partial charge >= 0.3 is 0 Å². The predicted molar refractivity (Wildman–Crippen MR) is 102 cm³/mol. The molecule has 0 radical (unpaired) electrons. The second kappa shape index (κ2) is 8.33. The van der Waals surface area contributed by atoms with Gasteiger partial charge in [0.15, 0.2) is 0 Å². The molecule has 144 valence electrons. The van der Waals surface area contributed by atoms with E-state index in [1.807, 2.05) is 23.7 Å². The van der Waals surface area contributed by atoms with Gasteiger partial charge in [0.1, 0.15) is 0 Å². The standard InChI is InChI=1S/C20H27N5O2/c1-4-18-14(2)23-25(15(18)3)10-9-22-20(27)17-11-19(26)24(13-17)12-16-5-7-21-8-6-16/h5-8,17H,4,9-13H2,1-3H3,(H,22,27). The molecular weight excluding hydrogens is 342 g/mol. The first-order valence-electron chi connectivity index (χ1n) is 9.46. The summed E-state index contributed by atoms with van der Waals surface area (Å²) in [6.45, 7) is 8.34. The summed E-state index contributed by atoms with van der Waals surface area (Å²) < 4.78 is 1.95. The molecule has 3 heterocycles. The molecule has 1 aliphatic heterocycles. The highest BCUT2D eigenvalue weighted by atomic mass is 16.2. The topological polar surface area (TPSA) is 80.1 Å². The number of pyridine rings is 1. The summed E-state index contributed by atoms with van der Waals surface area (Å²) in [7, 11) is 0. The molecule has 27 heavy (non-hydrogen) atoms. The van der Waals surface area contributed by atoms with E-state index in [4.69, 9.17) is 0 Å². The number of nitrogens with zero attached hydrogens (tertiary/aromatic N) is 4. The van der Waals surface area contributed by atoms with Crippen molar-refractivity contribution >= 4 is 11.8 Å². The summed E-state index contributed by atoms with van der Waals surface area (Å²) in [6.07, 6.45) is 4.66. The Morgan fingerprint density at radius 1 is 1.30 bits per heavy atom. The molecule has 7 heteroatoms. The van der Waals surface area contributed by atoms with Crippen LogP contribution in [0, 0.1) is 19.8 Å². The van der Waals surface area contributed by atoms with Crippen molar-refractivity contribution in [1.29, 1.82) is 0 Å². The number of aryl methyl sites for hydroxylation is 1. The minimum absolute atomic E-state index is 0.0260. The Balaban J connectivity index is 1.49. The number of hydrogen-bond donors (Lipinski definition) is 1. The SMILES string of the molecule is CCc1c(C)nn(CCNC(=O)C2CC(=O)N(Cc3ccncc3)C2)c1C. The summed E-state index contributed by atoms with van der Waals surface area (Å²) >= 11 is 0. The van der Waals surface area contributed by atoms with E-state index >= 15 is 0 Å². The fraction of sp³-hybridized carbons (Fsp3) is 0.500. The summed E-state index contributed by atoms with van der Waals surface area (Å²) in [5.41, 5.74) is 4.50. The number of aromatic nitrogens is 3. The summed E-state index contributed by atoms with van der Waals surface area (Å²) in [5, 5.41) is 7.51. The second-order valence-corrected chi connectivity index (χ2v) is 7.05. The van der Waals surface area contributed by atoms with E-state index in [-0.39, 0.29) is 24.2 Å². The van der Waals surface area contributed by atoms with Gasteiger partial charge in [-0.2, -0.15) is 5.10 Å². The molecule has 0 bridgehead atoms. The Morgan fingerprint density at radius 3 is 2.70 bits per heavy atom. The minimum atomic E-state index is -0.286. The molecule has 0 saturated carbocycles. The van der Waals surface area contributed by atoms with E-state index in [9.17, 15) is 9.59 Å². The van der Waals surface area contributed by atoms with E-state index in [1.54, 1.807) is 17.3 Å². The van der Waals surface area contributed by atoms with Crippen LogP contribution in [0.4, 0.5) is 0 Å². The largest absolute Gasteiger partial charge is 0.354 e. The van der Waals surface area contributed by atoms with Crippen LogP contribution in [0.3, 0.4) is 0 Å². The number of rotatable bonds is 7. The molecule has 0 aromatic carbocycles. The highest BCUT2D eigenvalue weighted by Gasteiger charge is 2.34. The van der Waals surface area contributed by atoms with Crippen LogP contribution < -0.4 is 5.32 Å². The van der Waals surface area contributed by atoms with Crippen molar-refractivity contribution in [3.8, 4) is 0 Å². The summed E-state index contributed by atoms with van der Waals surface area (Å²) in [6, 6.07) is 3.78. The number of carbonyl (C=O) groups is 2. The zero-order valence-corrected chi connectivity index (χ0v) is 16.2. The lowest BCUT2D eigenvalue weighted by Gasteiger charge is -2.16. The van der Waals surface area contributed by atoms with Gasteiger partial charge in [0.25, 0.3) is 0 Å². The van der Waals surface area contributed by atoms with E-state index in [0.29, 0.717) is 26.2 Å². The Kier molecular flexibility index (Phi) is 5.88. The van der Waals surface area contributed by atoms with Crippen molar-refractivity contribution in [3.63, 3.8) is 0 Å². The van der Waals surface area contributed by atoms with Gasteiger partial charge in [0.2, 0.25) is 11.8 Å². The van der Waals surface area contributed by atoms with Crippen molar-refractivity contribution in [3.05, 3.63) is 47.0 Å². The molecule has 2 amide bonds. The minimum Gasteiger partial charge on any atom is -0.354 e. The van der Waals surface area contributed by atoms with Crippen LogP contribution in [0.1, 0.15) is 35.9 Å². The van der Waals surface area contributed by atoms with Crippen LogP contribution >= 0.6 is 0 Å². The number of amides is 2. The van der Waals surface area contributed by atoms with Crippen LogP contribution in [0.2, 0.25) is 0 Å². The van der Waals surface area contributed by atoms with E-state index in [2.05, 4.69) is 29.2 Å². The van der Waals surface area contributed by atoms with Gasteiger partial charge in [-0.25, -0.2) is 0 Å².